The number of carbonyl (C=O) groups is 4. The van der Waals surface area contributed by atoms with E-state index in [0.717, 1.165) is 29.3 Å². The Morgan fingerprint density at radius 3 is 1.91 bits per heavy atom. The fraction of sp³-hybridized carbons (Fsp3) is 0.760. The summed E-state index contributed by atoms with van der Waals surface area (Å²) in [6, 6.07) is 2.93. The number of imide groups is 1. The molecule has 1 fully saturated rings. The third-order valence-electron chi connectivity index (χ3n) is 8.73. The maximum absolute atomic E-state index is 13.9. The second-order valence-corrected chi connectivity index (χ2v) is 16.4. The van der Waals surface area contributed by atoms with Crippen LogP contribution in [0, 0.1) is 17.3 Å². The molecule has 0 bridgehead atoms. The van der Waals surface area contributed by atoms with E-state index in [9.17, 15) is 19.2 Å². The van der Waals surface area contributed by atoms with Crippen LogP contribution in [0.1, 0.15) is 60.8 Å². The molecule has 3 atom stereocenters. The molecule has 0 aromatic rings. The summed E-state index contributed by atoms with van der Waals surface area (Å²) in [7, 11) is 0.509. The van der Waals surface area contributed by atoms with Gasteiger partial charge in [-0.05, 0) is 45.6 Å². The van der Waals surface area contributed by atoms with Gasteiger partial charge in [-0.3, -0.25) is 24.1 Å². The van der Waals surface area contributed by atoms with Crippen LogP contribution in [0.25, 0.3) is 0 Å². The van der Waals surface area contributed by atoms with E-state index in [4.69, 9.17) is 9.47 Å². The summed E-state index contributed by atoms with van der Waals surface area (Å²) in [5.41, 5.74) is -0.0264. The fourth-order valence-corrected chi connectivity index (χ4v) is 11.9. The summed E-state index contributed by atoms with van der Waals surface area (Å²) in [5.74, 6) is -2.24. The lowest BCUT2D eigenvalue weighted by atomic mass is 9.77. The number of carbonyl (C=O) groups excluding carboxylic acids is 4. The Morgan fingerprint density at radius 2 is 1.48 bits per heavy atom. The zero-order chi connectivity index (χ0) is 24.9. The zero-order valence-electron chi connectivity index (χ0n) is 21.4. The maximum Gasteiger partial charge on any atom is 0.323 e. The summed E-state index contributed by atoms with van der Waals surface area (Å²) in [6.45, 7) is 12.3. The summed E-state index contributed by atoms with van der Waals surface area (Å²) < 4.78 is 10.1. The monoisotopic (exact) mass is 477 g/mol. The molecular weight excluding hydrogens is 438 g/mol. The van der Waals surface area contributed by atoms with Crippen molar-refractivity contribution in [2.75, 3.05) is 14.2 Å². The summed E-state index contributed by atoms with van der Waals surface area (Å²) in [5, 5.41) is 0. The lowest BCUT2D eigenvalue weighted by molar-refractivity contribution is -0.168. The van der Waals surface area contributed by atoms with Gasteiger partial charge in [0.25, 0.3) is 0 Å². The maximum atomic E-state index is 13.9. The SMILES string of the molecule is CC[Si](CC)(CC)[C@@H]1C2=C(C[C@H]3C(=O)N(C(C)(C)C)C(=O)[C@@H]13)CC(C(=O)OC)(C(=O)OC)C2. The van der Waals surface area contributed by atoms with E-state index in [0.29, 0.717) is 6.42 Å². The molecular formula is C25H39NO6Si. The van der Waals surface area contributed by atoms with Crippen LogP contribution in [-0.4, -0.2) is 56.5 Å². The van der Waals surface area contributed by atoms with E-state index < -0.39 is 42.8 Å². The second-order valence-electron chi connectivity index (χ2n) is 11.0. The molecule has 1 aliphatic heterocycles. The average Bonchev–Trinajstić information content (AvgIpc) is 3.29. The Hall–Kier alpha value is -1.96. The lowest BCUT2D eigenvalue weighted by Gasteiger charge is -2.45. The van der Waals surface area contributed by atoms with E-state index in [1.54, 1.807) is 0 Å². The van der Waals surface area contributed by atoms with Gasteiger partial charge >= 0.3 is 11.9 Å². The molecule has 2 aliphatic carbocycles. The van der Waals surface area contributed by atoms with Gasteiger partial charge in [-0.15, -0.1) is 0 Å². The Morgan fingerprint density at radius 1 is 0.970 bits per heavy atom. The van der Waals surface area contributed by atoms with Gasteiger partial charge in [0.05, 0.1) is 34.1 Å². The Kier molecular flexibility index (Phi) is 6.74. The minimum Gasteiger partial charge on any atom is -0.468 e. The van der Waals surface area contributed by atoms with Crippen LogP contribution in [0.4, 0.5) is 0 Å². The van der Waals surface area contributed by atoms with E-state index in [-0.39, 0.29) is 30.2 Å². The number of rotatable bonds is 6. The molecule has 0 unspecified atom stereocenters. The van der Waals surface area contributed by atoms with Crippen molar-refractivity contribution in [3.63, 3.8) is 0 Å². The number of esters is 2. The van der Waals surface area contributed by atoms with Gasteiger partial charge < -0.3 is 9.47 Å². The Bertz CT molecular complexity index is 873. The molecule has 0 spiro atoms. The van der Waals surface area contributed by atoms with Crippen molar-refractivity contribution in [2.24, 2.45) is 17.3 Å². The molecule has 184 valence electrons. The van der Waals surface area contributed by atoms with Crippen LogP contribution in [-0.2, 0) is 28.7 Å². The third kappa shape index (κ3) is 3.60. The van der Waals surface area contributed by atoms with Crippen molar-refractivity contribution in [2.45, 2.75) is 90.0 Å². The topological polar surface area (TPSA) is 90.0 Å². The first-order chi connectivity index (χ1) is 15.4. The number of amides is 2. The quantitative estimate of drug-likeness (QED) is 0.188. The van der Waals surface area contributed by atoms with E-state index in [1.807, 2.05) is 20.8 Å². The standard InChI is InChI=1S/C25H39NO6Si/c1-9-33(10-2,11-3)19-17-14-25(22(29)31-7,23(30)32-8)13-15(17)12-16-18(19)21(28)26(20(16)27)24(4,5)6/h16,18-19H,9-14H2,1-8H3/t16-,18-,19-/m1/s1. The van der Waals surface area contributed by atoms with Gasteiger partial charge in [0, 0.05) is 5.54 Å². The van der Waals surface area contributed by atoms with Crippen molar-refractivity contribution in [1.29, 1.82) is 0 Å². The Balaban J connectivity index is 2.20. The van der Waals surface area contributed by atoms with Crippen molar-refractivity contribution >= 4 is 31.8 Å². The van der Waals surface area contributed by atoms with Crippen molar-refractivity contribution in [3.8, 4) is 0 Å². The molecule has 2 amide bonds. The van der Waals surface area contributed by atoms with Crippen LogP contribution in [0.15, 0.2) is 11.1 Å². The number of methoxy groups -OCH3 is 2. The highest BCUT2D eigenvalue weighted by Gasteiger charge is 2.65. The van der Waals surface area contributed by atoms with Gasteiger partial charge in [0.15, 0.2) is 5.41 Å². The summed E-state index contributed by atoms with van der Waals surface area (Å²) >= 11 is 0. The first-order valence-corrected chi connectivity index (χ1v) is 14.8. The molecule has 3 aliphatic rings. The van der Waals surface area contributed by atoms with E-state index in [2.05, 4.69) is 20.8 Å². The van der Waals surface area contributed by atoms with Gasteiger partial charge in [0.1, 0.15) is 0 Å². The highest BCUT2D eigenvalue weighted by Crippen LogP contribution is 2.62. The van der Waals surface area contributed by atoms with Crippen LogP contribution < -0.4 is 0 Å². The highest BCUT2D eigenvalue weighted by molar-refractivity contribution is 6.82. The molecule has 0 N–H and O–H groups in total. The van der Waals surface area contributed by atoms with Crippen LogP contribution >= 0.6 is 0 Å². The van der Waals surface area contributed by atoms with Gasteiger partial charge in [0.2, 0.25) is 11.8 Å². The first-order valence-electron chi connectivity index (χ1n) is 12.1. The first kappa shape index (κ1) is 25.7. The van der Waals surface area contributed by atoms with Crippen LogP contribution in [0.3, 0.4) is 0 Å². The minimum absolute atomic E-state index is 0.0637. The molecule has 0 aromatic heterocycles. The Labute approximate surface area is 198 Å². The minimum atomic E-state index is -2.06. The second kappa shape index (κ2) is 8.67. The summed E-state index contributed by atoms with van der Waals surface area (Å²) in [6.07, 6.45) is 0.854. The van der Waals surface area contributed by atoms with E-state index in [1.165, 1.54) is 19.1 Å². The van der Waals surface area contributed by atoms with Crippen molar-refractivity contribution in [3.05, 3.63) is 11.1 Å². The van der Waals surface area contributed by atoms with Gasteiger partial charge in [-0.2, -0.15) is 0 Å². The smallest absolute Gasteiger partial charge is 0.323 e. The number of hydrogen-bond acceptors (Lipinski definition) is 6. The van der Waals surface area contributed by atoms with Gasteiger partial charge in [-0.1, -0.05) is 50.0 Å². The fourth-order valence-electron chi connectivity index (χ4n) is 6.93. The number of hydrogen-bond donors (Lipinski definition) is 0. The molecule has 1 saturated heterocycles. The molecule has 33 heavy (non-hydrogen) atoms. The molecule has 8 heteroatoms. The van der Waals surface area contributed by atoms with Crippen molar-refractivity contribution in [1.82, 2.24) is 4.90 Å². The number of fused-ring (bicyclic) bond motifs is 1. The van der Waals surface area contributed by atoms with E-state index >= 15 is 0 Å². The third-order valence-corrected chi connectivity index (χ3v) is 15.0. The molecule has 1 heterocycles. The number of nitrogens with zero attached hydrogens (tertiary/aromatic N) is 1. The number of ether oxygens (including phenoxy) is 2. The molecule has 0 aromatic carbocycles. The summed E-state index contributed by atoms with van der Waals surface area (Å²) in [4.78, 5) is 54.8. The van der Waals surface area contributed by atoms with Gasteiger partial charge in [-0.25, -0.2) is 0 Å². The zero-order valence-corrected chi connectivity index (χ0v) is 22.4. The van der Waals surface area contributed by atoms with Crippen LogP contribution in [0.2, 0.25) is 23.7 Å². The largest absolute Gasteiger partial charge is 0.468 e. The predicted molar refractivity (Wildman–Crippen MR) is 127 cm³/mol. The van der Waals surface area contributed by atoms with Crippen molar-refractivity contribution < 1.29 is 28.7 Å². The molecule has 7 nitrogen and oxygen atoms in total. The average molecular weight is 478 g/mol. The lowest BCUT2D eigenvalue weighted by Crippen LogP contribution is -2.49. The predicted octanol–water partition coefficient (Wildman–Crippen LogP) is 4.09. The number of allylic oxidation sites excluding steroid dienone is 2. The molecule has 0 saturated carbocycles. The molecule has 3 rings (SSSR count). The number of likely N-dealkylation sites (tertiary alicyclic amines) is 1. The highest BCUT2D eigenvalue weighted by atomic mass is 28.3. The molecule has 0 radical (unpaired) electrons. The van der Waals surface area contributed by atoms with Crippen LogP contribution in [0.5, 0.6) is 0 Å². The normalized spacial score (nSPS) is 26.9.